The molecule has 4 N–H and O–H groups in total. The van der Waals surface area contributed by atoms with Crippen LogP contribution in [-0.4, -0.2) is 23.2 Å². The number of rotatable bonds is 4. The number of aliphatic hydroxyl groups excluding tert-OH is 1. The molecule has 4 atom stereocenters. The average Bonchev–Trinajstić information content (AvgIpc) is 2.46. The summed E-state index contributed by atoms with van der Waals surface area (Å²) in [6, 6.07) is 9.35. The van der Waals surface area contributed by atoms with Crippen LogP contribution in [0.4, 0.5) is 0 Å². The molecule has 1 aliphatic rings. The van der Waals surface area contributed by atoms with E-state index in [-0.39, 0.29) is 35.4 Å². The van der Waals surface area contributed by atoms with Gasteiger partial charge in [-0.1, -0.05) is 51.1 Å². The van der Waals surface area contributed by atoms with Gasteiger partial charge in [-0.05, 0) is 12.0 Å². The van der Waals surface area contributed by atoms with Gasteiger partial charge in [0.25, 0.3) is 0 Å². The smallest absolute Gasteiger partial charge is 0.224 e. The van der Waals surface area contributed by atoms with Gasteiger partial charge >= 0.3 is 0 Å². The van der Waals surface area contributed by atoms with Crippen LogP contribution in [0.5, 0.6) is 0 Å². The van der Waals surface area contributed by atoms with Crippen LogP contribution in [0, 0.1) is 11.3 Å². The number of benzene rings is 1. The van der Waals surface area contributed by atoms with Crippen molar-refractivity contribution in [1.29, 1.82) is 0 Å². The third-order valence-corrected chi connectivity index (χ3v) is 4.67. The summed E-state index contributed by atoms with van der Waals surface area (Å²) < 4.78 is 0. The number of carbonyl (C=O) groups is 1. The fourth-order valence-electron chi connectivity index (χ4n) is 2.58. The van der Waals surface area contributed by atoms with E-state index in [4.69, 9.17) is 5.73 Å². The number of hydrogen-bond acceptors (Lipinski definition) is 3. The molecule has 1 aromatic rings. The molecule has 0 radical (unpaired) electrons. The summed E-state index contributed by atoms with van der Waals surface area (Å²) in [6.07, 6.45) is 0.275. The van der Waals surface area contributed by atoms with E-state index >= 15 is 0 Å². The van der Waals surface area contributed by atoms with E-state index in [1.807, 2.05) is 51.1 Å². The molecule has 0 spiro atoms. The van der Waals surface area contributed by atoms with Gasteiger partial charge in [-0.15, -0.1) is 0 Å². The fourth-order valence-corrected chi connectivity index (χ4v) is 2.58. The first-order chi connectivity index (χ1) is 9.34. The van der Waals surface area contributed by atoms with Crippen molar-refractivity contribution in [2.24, 2.45) is 17.1 Å². The van der Waals surface area contributed by atoms with Gasteiger partial charge in [0.05, 0.1) is 12.0 Å². The Morgan fingerprint density at radius 2 is 2.00 bits per heavy atom. The summed E-state index contributed by atoms with van der Waals surface area (Å²) in [5, 5.41) is 12.7. The molecular weight excluding hydrogens is 252 g/mol. The summed E-state index contributed by atoms with van der Waals surface area (Å²) in [4.78, 5) is 12.3. The monoisotopic (exact) mass is 276 g/mol. The largest absolute Gasteiger partial charge is 0.392 e. The second-order valence-corrected chi connectivity index (χ2v) is 6.36. The molecule has 0 aliphatic heterocycles. The maximum atomic E-state index is 12.3. The van der Waals surface area contributed by atoms with Crippen LogP contribution < -0.4 is 11.1 Å². The Kier molecular flexibility index (Phi) is 4.16. The van der Waals surface area contributed by atoms with E-state index < -0.39 is 0 Å². The number of aliphatic hydroxyl groups is 1. The number of nitrogens with one attached hydrogen (secondary N) is 1. The zero-order chi connectivity index (χ0) is 14.9. The fraction of sp³-hybridized carbons (Fsp3) is 0.562. The highest BCUT2D eigenvalue weighted by Gasteiger charge is 2.48. The lowest BCUT2D eigenvalue weighted by Gasteiger charge is -2.49. The van der Waals surface area contributed by atoms with Crippen LogP contribution in [-0.2, 0) is 4.79 Å². The van der Waals surface area contributed by atoms with Crippen molar-refractivity contribution in [3.63, 3.8) is 0 Å². The highest BCUT2D eigenvalue weighted by atomic mass is 16.3. The molecule has 20 heavy (non-hydrogen) atoms. The topological polar surface area (TPSA) is 75.3 Å². The van der Waals surface area contributed by atoms with E-state index in [9.17, 15) is 9.90 Å². The van der Waals surface area contributed by atoms with Crippen LogP contribution in [0.1, 0.15) is 38.8 Å². The molecule has 1 aliphatic carbocycles. The van der Waals surface area contributed by atoms with Crippen molar-refractivity contribution in [2.75, 3.05) is 0 Å². The van der Waals surface area contributed by atoms with E-state index in [1.165, 1.54) is 0 Å². The van der Waals surface area contributed by atoms with E-state index in [0.717, 1.165) is 5.56 Å². The third kappa shape index (κ3) is 2.72. The number of amides is 1. The molecule has 2 rings (SSSR count). The van der Waals surface area contributed by atoms with Gasteiger partial charge in [0.2, 0.25) is 5.91 Å². The maximum absolute atomic E-state index is 12.3. The van der Waals surface area contributed by atoms with Crippen LogP contribution in [0.25, 0.3) is 0 Å². The second kappa shape index (κ2) is 5.54. The van der Waals surface area contributed by atoms with Crippen LogP contribution in [0.15, 0.2) is 30.3 Å². The van der Waals surface area contributed by atoms with Crippen LogP contribution >= 0.6 is 0 Å². The Morgan fingerprint density at radius 1 is 1.40 bits per heavy atom. The SMILES string of the molecule is CC(C(=O)NC1CC(O)C1(C)C)C(N)c1ccccc1. The maximum Gasteiger partial charge on any atom is 0.224 e. The second-order valence-electron chi connectivity index (χ2n) is 6.36. The standard InChI is InChI=1S/C16H24N2O2/c1-10(14(17)11-7-5-4-6-8-11)15(20)18-12-9-13(19)16(12,2)3/h4-8,10,12-14,19H,9,17H2,1-3H3,(H,18,20). The number of carbonyl (C=O) groups excluding carboxylic acids is 1. The Labute approximate surface area is 120 Å². The number of nitrogens with two attached hydrogens (primary N) is 1. The molecule has 4 nitrogen and oxygen atoms in total. The number of hydrogen-bond donors (Lipinski definition) is 3. The Morgan fingerprint density at radius 3 is 2.50 bits per heavy atom. The summed E-state index contributed by atoms with van der Waals surface area (Å²) in [5.41, 5.74) is 6.86. The summed E-state index contributed by atoms with van der Waals surface area (Å²) in [7, 11) is 0. The lowest BCUT2D eigenvalue weighted by molar-refractivity contribution is -0.133. The van der Waals surface area contributed by atoms with E-state index in [1.54, 1.807) is 0 Å². The lowest BCUT2D eigenvalue weighted by Crippen LogP contribution is -2.62. The predicted molar refractivity (Wildman–Crippen MR) is 78.9 cm³/mol. The van der Waals surface area contributed by atoms with Gasteiger partial charge in [0.1, 0.15) is 0 Å². The lowest BCUT2D eigenvalue weighted by atomic mass is 9.64. The minimum Gasteiger partial charge on any atom is -0.392 e. The van der Waals surface area contributed by atoms with E-state index in [2.05, 4.69) is 5.32 Å². The predicted octanol–water partition coefficient (Wildman–Crippen LogP) is 1.60. The first-order valence-electron chi connectivity index (χ1n) is 7.13. The van der Waals surface area contributed by atoms with Gasteiger partial charge in [-0.25, -0.2) is 0 Å². The first kappa shape index (κ1) is 15.0. The van der Waals surface area contributed by atoms with Crippen molar-refractivity contribution < 1.29 is 9.90 Å². The van der Waals surface area contributed by atoms with Crippen LogP contribution in [0.2, 0.25) is 0 Å². The molecule has 0 heterocycles. The molecule has 4 unspecified atom stereocenters. The highest BCUT2D eigenvalue weighted by Crippen LogP contribution is 2.40. The van der Waals surface area contributed by atoms with Crippen molar-refractivity contribution in [3.05, 3.63) is 35.9 Å². The zero-order valence-corrected chi connectivity index (χ0v) is 12.3. The molecule has 110 valence electrons. The highest BCUT2D eigenvalue weighted by molar-refractivity contribution is 5.79. The minimum absolute atomic E-state index is 0.0235. The summed E-state index contributed by atoms with van der Waals surface area (Å²) in [5.74, 6) is -0.350. The van der Waals surface area contributed by atoms with Crippen molar-refractivity contribution in [2.45, 2.75) is 45.4 Å². The van der Waals surface area contributed by atoms with Crippen molar-refractivity contribution in [3.8, 4) is 0 Å². The van der Waals surface area contributed by atoms with E-state index in [0.29, 0.717) is 6.42 Å². The molecule has 0 saturated heterocycles. The van der Waals surface area contributed by atoms with Gasteiger partial charge in [-0.3, -0.25) is 4.79 Å². The van der Waals surface area contributed by atoms with Crippen molar-refractivity contribution in [1.82, 2.24) is 5.32 Å². The van der Waals surface area contributed by atoms with Gasteiger partial charge < -0.3 is 16.2 Å². The van der Waals surface area contributed by atoms with Gasteiger partial charge in [0, 0.05) is 17.5 Å². The zero-order valence-electron chi connectivity index (χ0n) is 12.3. The minimum atomic E-state index is -0.342. The van der Waals surface area contributed by atoms with Crippen molar-refractivity contribution >= 4 is 5.91 Å². The Bertz CT molecular complexity index is 473. The molecule has 4 heteroatoms. The molecule has 1 saturated carbocycles. The van der Waals surface area contributed by atoms with Gasteiger partial charge in [0.15, 0.2) is 0 Å². The molecule has 1 aromatic carbocycles. The molecule has 0 aromatic heterocycles. The third-order valence-electron chi connectivity index (χ3n) is 4.67. The summed E-state index contributed by atoms with van der Waals surface area (Å²) >= 11 is 0. The molecular formula is C16H24N2O2. The van der Waals surface area contributed by atoms with Gasteiger partial charge in [-0.2, -0.15) is 0 Å². The first-order valence-corrected chi connectivity index (χ1v) is 7.13. The Balaban J connectivity index is 1.96. The molecule has 1 fully saturated rings. The average molecular weight is 276 g/mol. The Hall–Kier alpha value is -1.39. The normalized spacial score (nSPS) is 27.2. The summed E-state index contributed by atoms with van der Waals surface area (Å²) in [6.45, 7) is 5.77. The van der Waals surface area contributed by atoms with Crippen LogP contribution in [0.3, 0.4) is 0 Å². The molecule has 1 amide bonds. The molecule has 0 bridgehead atoms. The quantitative estimate of drug-likeness (QED) is 0.782.